The second kappa shape index (κ2) is 3.69. The van der Waals surface area contributed by atoms with Crippen molar-refractivity contribution in [3.05, 3.63) is 40.3 Å². The van der Waals surface area contributed by atoms with E-state index in [4.69, 9.17) is 5.73 Å². The molecular weight excluding hydrogens is 238 g/mol. The Balaban J connectivity index is 2.04. The first-order chi connectivity index (χ1) is 7.75. The Morgan fingerprint density at radius 2 is 2.25 bits per heavy atom. The van der Waals surface area contributed by atoms with Crippen molar-refractivity contribution in [1.82, 2.24) is 9.78 Å². The van der Waals surface area contributed by atoms with E-state index in [0.29, 0.717) is 0 Å². The molecule has 3 aromatic heterocycles. The third kappa shape index (κ3) is 1.48. The highest BCUT2D eigenvalue weighted by atomic mass is 32.1. The fraction of sp³-hybridized carbons (Fsp3) is 0.182. The van der Waals surface area contributed by atoms with E-state index in [-0.39, 0.29) is 6.04 Å². The molecule has 0 bridgehead atoms. The van der Waals surface area contributed by atoms with Gasteiger partial charge >= 0.3 is 0 Å². The van der Waals surface area contributed by atoms with Gasteiger partial charge in [0.05, 0.1) is 11.7 Å². The molecule has 5 heteroatoms. The van der Waals surface area contributed by atoms with E-state index < -0.39 is 0 Å². The fourth-order valence-corrected chi connectivity index (χ4v) is 3.91. The number of aryl methyl sites for hydroxylation is 1. The molecule has 3 aromatic rings. The first kappa shape index (κ1) is 10.0. The molecule has 3 nitrogen and oxygen atoms in total. The molecule has 0 saturated carbocycles. The van der Waals surface area contributed by atoms with Gasteiger partial charge in [0, 0.05) is 27.5 Å². The van der Waals surface area contributed by atoms with E-state index in [9.17, 15) is 0 Å². The number of thiophene rings is 2. The summed E-state index contributed by atoms with van der Waals surface area (Å²) in [6.07, 6.45) is 1.78. The van der Waals surface area contributed by atoms with E-state index in [1.54, 1.807) is 28.9 Å². The molecule has 1 unspecified atom stereocenters. The predicted octanol–water partition coefficient (Wildman–Crippen LogP) is 2.74. The van der Waals surface area contributed by atoms with Gasteiger partial charge < -0.3 is 5.73 Å². The molecule has 3 rings (SSSR count). The van der Waals surface area contributed by atoms with Crippen LogP contribution < -0.4 is 5.73 Å². The average molecular weight is 249 g/mol. The Bertz CT molecular complexity index is 591. The van der Waals surface area contributed by atoms with Crippen LogP contribution in [-0.4, -0.2) is 9.78 Å². The van der Waals surface area contributed by atoms with Gasteiger partial charge in [-0.2, -0.15) is 5.10 Å². The van der Waals surface area contributed by atoms with Crippen molar-refractivity contribution in [2.24, 2.45) is 12.8 Å². The van der Waals surface area contributed by atoms with E-state index >= 15 is 0 Å². The Morgan fingerprint density at radius 3 is 2.94 bits per heavy atom. The normalized spacial score (nSPS) is 13.4. The number of aromatic nitrogens is 2. The van der Waals surface area contributed by atoms with E-state index in [1.807, 2.05) is 17.8 Å². The van der Waals surface area contributed by atoms with E-state index in [2.05, 4.69) is 22.6 Å². The summed E-state index contributed by atoms with van der Waals surface area (Å²) in [5, 5.41) is 6.26. The molecule has 0 amide bonds. The average Bonchev–Trinajstić information content (AvgIpc) is 2.89. The van der Waals surface area contributed by atoms with Crippen molar-refractivity contribution < 1.29 is 0 Å². The van der Waals surface area contributed by atoms with Crippen molar-refractivity contribution in [1.29, 1.82) is 0 Å². The van der Waals surface area contributed by atoms with Crippen molar-refractivity contribution in [3.63, 3.8) is 0 Å². The number of fused-ring (bicyclic) bond motifs is 1. The SMILES string of the molecule is Cn1nccc1C(N)c1cc2sccc2s1. The van der Waals surface area contributed by atoms with Crippen LogP contribution in [0.4, 0.5) is 0 Å². The Morgan fingerprint density at radius 1 is 1.38 bits per heavy atom. The number of hydrogen-bond acceptors (Lipinski definition) is 4. The molecule has 0 fully saturated rings. The number of rotatable bonds is 2. The molecule has 0 spiro atoms. The zero-order valence-electron chi connectivity index (χ0n) is 8.75. The fourth-order valence-electron chi connectivity index (χ4n) is 1.77. The van der Waals surface area contributed by atoms with Crippen LogP contribution in [0.25, 0.3) is 9.40 Å². The molecule has 0 aromatic carbocycles. The third-order valence-corrected chi connectivity index (χ3v) is 4.82. The molecule has 0 radical (unpaired) electrons. The van der Waals surface area contributed by atoms with Crippen LogP contribution in [0.1, 0.15) is 16.6 Å². The molecule has 2 N–H and O–H groups in total. The minimum atomic E-state index is -0.0721. The second-order valence-electron chi connectivity index (χ2n) is 3.66. The van der Waals surface area contributed by atoms with Crippen LogP contribution in [0.5, 0.6) is 0 Å². The minimum absolute atomic E-state index is 0.0721. The zero-order valence-corrected chi connectivity index (χ0v) is 10.4. The molecule has 0 aliphatic rings. The van der Waals surface area contributed by atoms with Gasteiger partial charge in [0.1, 0.15) is 0 Å². The van der Waals surface area contributed by atoms with Crippen molar-refractivity contribution in [2.45, 2.75) is 6.04 Å². The number of hydrogen-bond donors (Lipinski definition) is 1. The summed E-state index contributed by atoms with van der Waals surface area (Å²) in [4.78, 5) is 1.20. The smallest absolute Gasteiger partial charge is 0.0817 e. The largest absolute Gasteiger partial charge is 0.318 e. The molecule has 3 heterocycles. The number of nitrogens with two attached hydrogens (primary N) is 1. The molecule has 16 heavy (non-hydrogen) atoms. The van der Waals surface area contributed by atoms with Gasteiger partial charge in [-0.3, -0.25) is 4.68 Å². The molecule has 82 valence electrons. The van der Waals surface area contributed by atoms with Crippen molar-refractivity contribution >= 4 is 32.1 Å². The topological polar surface area (TPSA) is 43.8 Å². The lowest BCUT2D eigenvalue weighted by molar-refractivity contribution is 0.678. The van der Waals surface area contributed by atoms with Gasteiger partial charge in [0.2, 0.25) is 0 Å². The summed E-state index contributed by atoms with van der Waals surface area (Å²) in [6.45, 7) is 0. The third-order valence-electron chi connectivity index (χ3n) is 2.64. The molecule has 0 aliphatic heterocycles. The summed E-state index contributed by atoms with van der Waals surface area (Å²) < 4.78 is 4.47. The van der Waals surface area contributed by atoms with Gasteiger partial charge in [0.25, 0.3) is 0 Å². The highest BCUT2D eigenvalue weighted by Crippen LogP contribution is 2.34. The van der Waals surface area contributed by atoms with Gasteiger partial charge in [-0.25, -0.2) is 0 Å². The summed E-state index contributed by atoms with van der Waals surface area (Å²) in [5.41, 5.74) is 7.29. The molecule has 1 atom stereocenters. The molecule has 0 aliphatic carbocycles. The molecular formula is C11H11N3S2. The van der Waals surface area contributed by atoms with E-state index in [1.165, 1.54) is 14.3 Å². The van der Waals surface area contributed by atoms with Gasteiger partial charge in [-0.1, -0.05) is 0 Å². The van der Waals surface area contributed by atoms with Crippen molar-refractivity contribution in [3.8, 4) is 0 Å². The lowest BCUT2D eigenvalue weighted by Gasteiger charge is -2.09. The van der Waals surface area contributed by atoms with Gasteiger partial charge in [-0.05, 0) is 23.6 Å². The lowest BCUT2D eigenvalue weighted by atomic mass is 10.2. The van der Waals surface area contributed by atoms with Crippen LogP contribution in [0.3, 0.4) is 0 Å². The summed E-state index contributed by atoms with van der Waals surface area (Å²) in [6, 6.07) is 6.22. The maximum absolute atomic E-state index is 6.24. The van der Waals surface area contributed by atoms with Crippen LogP contribution in [0, 0.1) is 0 Å². The number of nitrogens with zero attached hydrogens (tertiary/aromatic N) is 2. The standard InChI is InChI=1S/C11H11N3S2/c1-14-7(2-4-13-14)11(12)10-6-9-8(16-10)3-5-15-9/h2-6,11H,12H2,1H3. The summed E-state index contributed by atoms with van der Waals surface area (Å²) >= 11 is 3.52. The van der Waals surface area contributed by atoms with Crippen LogP contribution >= 0.6 is 22.7 Å². The van der Waals surface area contributed by atoms with E-state index in [0.717, 1.165) is 5.69 Å². The summed E-state index contributed by atoms with van der Waals surface area (Å²) in [5.74, 6) is 0. The monoisotopic (exact) mass is 249 g/mol. The summed E-state index contributed by atoms with van der Waals surface area (Å²) in [7, 11) is 1.92. The Labute approximate surface area is 101 Å². The first-order valence-corrected chi connectivity index (χ1v) is 6.66. The second-order valence-corrected chi connectivity index (χ2v) is 5.72. The Kier molecular flexibility index (Phi) is 2.31. The minimum Gasteiger partial charge on any atom is -0.318 e. The van der Waals surface area contributed by atoms with Gasteiger partial charge in [0.15, 0.2) is 0 Å². The van der Waals surface area contributed by atoms with Crippen LogP contribution in [0.2, 0.25) is 0 Å². The predicted molar refractivity (Wildman–Crippen MR) is 68.9 cm³/mol. The first-order valence-electron chi connectivity index (χ1n) is 4.96. The highest BCUT2D eigenvalue weighted by Gasteiger charge is 2.15. The maximum Gasteiger partial charge on any atom is 0.0817 e. The quantitative estimate of drug-likeness (QED) is 0.759. The van der Waals surface area contributed by atoms with Crippen LogP contribution in [0.15, 0.2) is 29.8 Å². The van der Waals surface area contributed by atoms with Gasteiger partial charge in [-0.15, -0.1) is 22.7 Å². The maximum atomic E-state index is 6.24. The van der Waals surface area contributed by atoms with Crippen LogP contribution in [-0.2, 0) is 7.05 Å². The highest BCUT2D eigenvalue weighted by molar-refractivity contribution is 7.26. The lowest BCUT2D eigenvalue weighted by Crippen LogP contribution is -2.14. The van der Waals surface area contributed by atoms with Crippen molar-refractivity contribution in [2.75, 3.05) is 0 Å². The Hall–Kier alpha value is -1.17. The molecule has 0 saturated heterocycles. The zero-order chi connectivity index (χ0) is 11.1.